The molecule has 0 aromatic heterocycles. The molecule has 1 saturated heterocycles. The van der Waals surface area contributed by atoms with Gasteiger partial charge in [-0.1, -0.05) is 43.2 Å². The first kappa shape index (κ1) is 17.4. The summed E-state index contributed by atoms with van der Waals surface area (Å²) in [7, 11) is 2.20. The number of ether oxygens (including phenoxy) is 1. The van der Waals surface area contributed by atoms with E-state index >= 15 is 0 Å². The molecule has 3 atom stereocenters. The molecule has 1 saturated carbocycles. The Kier molecular flexibility index (Phi) is 4.97. The van der Waals surface area contributed by atoms with Crippen LogP contribution in [0.1, 0.15) is 44.6 Å². The van der Waals surface area contributed by atoms with E-state index in [0.717, 1.165) is 56.2 Å². The minimum Gasteiger partial charge on any atom is -0.454 e. The van der Waals surface area contributed by atoms with E-state index in [1.165, 1.54) is 0 Å². The van der Waals surface area contributed by atoms with E-state index in [0.29, 0.717) is 5.56 Å². The SMILES string of the molecule is CC[N+]1(C)CCC(OC(=O)[C@](O)(c2ccccc2)C2CCCC2)C1. The summed E-state index contributed by atoms with van der Waals surface area (Å²) in [6.45, 7) is 5.09. The molecule has 0 radical (unpaired) electrons. The van der Waals surface area contributed by atoms with Gasteiger partial charge in [-0.3, -0.25) is 0 Å². The molecule has 1 aromatic rings. The van der Waals surface area contributed by atoms with Crippen molar-refractivity contribution in [3.8, 4) is 0 Å². The zero-order chi connectivity index (χ0) is 17.2. The molecule has 1 aliphatic carbocycles. The number of hydrogen-bond donors (Lipinski definition) is 1. The predicted molar refractivity (Wildman–Crippen MR) is 93.3 cm³/mol. The molecule has 4 heteroatoms. The van der Waals surface area contributed by atoms with Gasteiger partial charge in [0.25, 0.3) is 0 Å². The smallest absolute Gasteiger partial charge is 0.343 e. The van der Waals surface area contributed by atoms with Crippen LogP contribution in [-0.4, -0.2) is 48.3 Å². The molecule has 4 nitrogen and oxygen atoms in total. The lowest BCUT2D eigenvalue weighted by molar-refractivity contribution is -0.897. The molecule has 0 bridgehead atoms. The molecular formula is C20H30NO3+. The highest BCUT2D eigenvalue weighted by Crippen LogP contribution is 2.42. The highest BCUT2D eigenvalue weighted by molar-refractivity contribution is 5.81. The van der Waals surface area contributed by atoms with Crippen molar-refractivity contribution in [2.45, 2.75) is 50.7 Å². The van der Waals surface area contributed by atoms with Crippen LogP contribution in [0.25, 0.3) is 0 Å². The van der Waals surface area contributed by atoms with Gasteiger partial charge in [-0.25, -0.2) is 4.79 Å². The van der Waals surface area contributed by atoms with Crippen LogP contribution in [0.2, 0.25) is 0 Å². The number of benzene rings is 1. The lowest BCUT2D eigenvalue weighted by Gasteiger charge is -2.33. The second-order valence-electron chi connectivity index (χ2n) is 7.77. The van der Waals surface area contributed by atoms with Crippen LogP contribution < -0.4 is 0 Å². The van der Waals surface area contributed by atoms with Crippen LogP contribution in [0.15, 0.2) is 30.3 Å². The van der Waals surface area contributed by atoms with Gasteiger partial charge in [-0.15, -0.1) is 0 Å². The fraction of sp³-hybridized carbons (Fsp3) is 0.650. The number of esters is 1. The van der Waals surface area contributed by atoms with Gasteiger partial charge in [0.15, 0.2) is 11.7 Å². The minimum atomic E-state index is -1.50. The van der Waals surface area contributed by atoms with Crippen molar-refractivity contribution < 1.29 is 19.1 Å². The van der Waals surface area contributed by atoms with Gasteiger partial charge in [-0.2, -0.15) is 0 Å². The van der Waals surface area contributed by atoms with Crippen molar-refractivity contribution in [1.29, 1.82) is 0 Å². The van der Waals surface area contributed by atoms with Gasteiger partial charge in [0, 0.05) is 12.3 Å². The van der Waals surface area contributed by atoms with Crippen LogP contribution in [0.3, 0.4) is 0 Å². The Morgan fingerprint density at radius 1 is 1.25 bits per heavy atom. The van der Waals surface area contributed by atoms with E-state index in [4.69, 9.17) is 4.74 Å². The van der Waals surface area contributed by atoms with Crippen molar-refractivity contribution in [2.24, 2.45) is 5.92 Å². The summed E-state index contributed by atoms with van der Waals surface area (Å²) in [5, 5.41) is 11.4. The summed E-state index contributed by atoms with van der Waals surface area (Å²) in [5.74, 6) is -0.490. The number of carbonyl (C=O) groups is 1. The van der Waals surface area contributed by atoms with Crippen molar-refractivity contribution in [2.75, 3.05) is 26.7 Å². The lowest BCUT2D eigenvalue weighted by Crippen LogP contribution is -2.46. The molecule has 2 fully saturated rings. The van der Waals surface area contributed by atoms with Crippen molar-refractivity contribution in [3.05, 3.63) is 35.9 Å². The molecule has 0 amide bonds. The molecule has 132 valence electrons. The van der Waals surface area contributed by atoms with Gasteiger partial charge in [0.2, 0.25) is 0 Å². The third kappa shape index (κ3) is 3.22. The number of aliphatic hydroxyl groups is 1. The van der Waals surface area contributed by atoms with Crippen molar-refractivity contribution in [1.82, 2.24) is 0 Å². The summed E-state index contributed by atoms with van der Waals surface area (Å²) in [5.41, 5.74) is -0.830. The van der Waals surface area contributed by atoms with Crippen LogP contribution in [0.4, 0.5) is 0 Å². The van der Waals surface area contributed by atoms with E-state index in [1.807, 2.05) is 30.3 Å². The van der Waals surface area contributed by atoms with E-state index in [9.17, 15) is 9.90 Å². The number of quaternary nitrogens is 1. The molecule has 2 unspecified atom stereocenters. The van der Waals surface area contributed by atoms with Crippen LogP contribution in [0, 0.1) is 5.92 Å². The molecule has 1 heterocycles. The summed E-state index contributed by atoms with van der Waals surface area (Å²) >= 11 is 0. The topological polar surface area (TPSA) is 46.5 Å². The highest BCUT2D eigenvalue weighted by Gasteiger charge is 2.49. The average Bonchev–Trinajstić information content (AvgIpc) is 3.26. The lowest BCUT2D eigenvalue weighted by atomic mass is 9.80. The van der Waals surface area contributed by atoms with Gasteiger partial charge in [0.1, 0.15) is 6.54 Å². The van der Waals surface area contributed by atoms with E-state index in [2.05, 4.69) is 14.0 Å². The molecule has 1 aliphatic heterocycles. The molecule has 2 aliphatic rings. The standard InChI is InChI=1S/C20H30NO3/c1-3-21(2)14-13-18(15-21)24-19(22)20(23,17-11-7-8-12-17)16-9-5-4-6-10-16/h4-6,9-10,17-18,23H,3,7-8,11-15H2,1-2H3/q+1/t18?,20-,21?/m0/s1. The normalized spacial score (nSPS) is 30.2. The molecule has 0 spiro atoms. The minimum absolute atomic E-state index is 0.0409. The Hall–Kier alpha value is -1.39. The fourth-order valence-corrected chi connectivity index (χ4v) is 4.31. The Balaban J connectivity index is 1.80. The maximum Gasteiger partial charge on any atom is 0.343 e. The average molecular weight is 332 g/mol. The van der Waals surface area contributed by atoms with Crippen molar-refractivity contribution in [3.63, 3.8) is 0 Å². The summed E-state index contributed by atoms with van der Waals surface area (Å²) in [6.07, 6.45) is 4.70. The summed E-state index contributed by atoms with van der Waals surface area (Å²) in [6, 6.07) is 9.36. The third-order valence-corrected chi connectivity index (χ3v) is 6.14. The number of hydrogen-bond acceptors (Lipinski definition) is 3. The Morgan fingerprint density at radius 2 is 1.92 bits per heavy atom. The molecule has 1 aromatic carbocycles. The molecule has 3 rings (SSSR count). The number of carbonyl (C=O) groups excluding carboxylic acids is 1. The first-order chi connectivity index (χ1) is 11.5. The molecular weight excluding hydrogens is 302 g/mol. The summed E-state index contributed by atoms with van der Waals surface area (Å²) in [4.78, 5) is 13.0. The Morgan fingerprint density at radius 3 is 2.50 bits per heavy atom. The summed E-state index contributed by atoms with van der Waals surface area (Å²) < 4.78 is 6.77. The largest absolute Gasteiger partial charge is 0.454 e. The number of likely N-dealkylation sites (N-methyl/N-ethyl adjacent to an activating group) is 1. The quantitative estimate of drug-likeness (QED) is 0.666. The van der Waals surface area contributed by atoms with Crippen LogP contribution in [0.5, 0.6) is 0 Å². The van der Waals surface area contributed by atoms with E-state index in [-0.39, 0.29) is 12.0 Å². The zero-order valence-electron chi connectivity index (χ0n) is 14.9. The third-order valence-electron chi connectivity index (χ3n) is 6.14. The maximum atomic E-state index is 13.0. The Labute approximate surface area is 145 Å². The van der Waals surface area contributed by atoms with E-state index < -0.39 is 11.6 Å². The fourth-order valence-electron chi connectivity index (χ4n) is 4.31. The first-order valence-corrected chi connectivity index (χ1v) is 9.30. The monoisotopic (exact) mass is 332 g/mol. The van der Waals surface area contributed by atoms with Gasteiger partial charge >= 0.3 is 5.97 Å². The van der Waals surface area contributed by atoms with Gasteiger partial charge in [-0.05, 0) is 25.3 Å². The number of nitrogens with zero attached hydrogens (tertiary/aromatic N) is 1. The molecule has 1 N–H and O–H groups in total. The second kappa shape index (κ2) is 6.85. The Bertz CT molecular complexity index is 570. The number of likely N-dealkylation sites (tertiary alicyclic amines) is 1. The second-order valence-corrected chi connectivity index (χ2v) is 7.77. The first-order valence-electron chi connectivity index (χ1n) is 9.30. The van der Waals surface area contributed by atoms with Crippen molar-refractivity contribution >= 4 is 5.97 Å². The maximum absolute atomic E-state index is 13.0. The van der Waals surface area contributed by atoms with E-state index in [1.54, 1.807) is 0 Å². The molecule has 24 heavy (non-hydrogen) atoms. The number of rotatable bonds is 5. The van der Waals surface area contributed by atoms with Crippen LogP contribution >= 0.6 is 0 Å². The predicted octanol–water partition coefficient (Wildman–Crippen LogP) is 2.85. The zero-order valence-corrected chi connectivity index (χ0v) is 14.9. The van der Waals surface area contributed by atoms with Gasteiger partial charge in [0.05, 0.1) is 20.1 Å². The van der Waals surface area contributed by atoms with Crippen LogP contribution in [-0.2, 0) is 15.1 Å². The highest BCUT2D eigenvalue weighted by atomic mass is 16.6. The van der Waals surface area contributed by atoms with Gasteiger partial charge < -0.3 is 14.3 Å².